The molecule has 0 unspecified atom stereocenters. The summed E-state index contributed by atoms with van der Waals surface area (Å²) >= 11 is 4.79. The smallest absolute Gasteiger partial charge is 0.338 e. The predicted molar refractivity (Wildman–Crippen MR) is 147 cm³/mol. The SMILES string of the molecule is CCOC(=O)C1=C(C)N=c2s/c(=C\c3ccc(O)c(OCC)c3)c(=O)n2[C@@H]1c1cc(OC)c(OC)cc1Br. The number of esters is 1. The Labute approximate surface area is 231 Å². The Morgan fingerprint density at radius 1 is 1.13 bits per heavy atom. The van der Waals surface area contributed by atoms with Crippen molar-refractivity contribution in [1.29, 1.82) is 0 Å². The van der Waals surface area contributed by atoms with E-state index in [1.165, 1.54) is 36.2 Å². The van der Waals surface area contributed by atoms with Gasteiger partial charge in [-0.15, -0.1) is 0 Å². The number of fused-ring (bicyclic) bond motifs is 1. The van der Waals surface area contributed by atoms with E-state index in [0.29, 0.717) is 54.5 Å². The number of halogens is 1. The van der Waals surface area contributed by atoms with Gasteiger partial charge in [0.25, 0.3) is 5.56 Å². The molecule has 2 aromatic carbocycles. The molecule has 4 rings (SSSR count). The highest BCUT2D eigenvalue weighted by atomic mass is 79.9. The lowest BCUT2D eigenvalue weighted by atomic mass is 9.95. The van der Waals surface area contributed by atoms with Crippen molar-refractivity contribution in [3.8, 4) is 23.0 Å². The average molecular weight is 603 g/mol. The van der Waals surface area contributed by atoms with Gasteiger partial charge in [-0.1, -0.05) is 33.3 Å². The molecule has 9 nitrogen and oxygen atoms in total. The molecule has 1 N–H and O–H groups in total. The molecular weight excluding hydrogens is 576 g/mol. The van der Waals surface area contributed by atoms with Crippen molar-refractivity contribution in [2.24, 2.45) is 4.99 Å². The lowest BCUT2D eigenvalue weighted by Crippen LogP contribution is -2.40. The summed E-state index contributed by atoms with van der Waals surface area (Å²) in [6.07, 6.45) is 1.70. The highest BCUT2D eigenvalue weighted by molar-refractivity contribution is 9.10. The molecule has 38 heavy (non-hydrogen) atoms. The van der Waals surface area contributed by atoms with Crippen LogP contribution in [0.5, 0.6) is 23.0 Å². The molecule has 0 spiro atoms. The number of phenolic OH excluding ortho intramolecular Hbond substituents is 1. The third-order valence-corrected chi connectivity index (χ3v) is 7.57. The summed E-state index contributed by atoms with van der Waals surface area (Å²) in [4.78, 5) is 32.1. The second-order valence-electron chi connectivity index (χ2n) is 8.19. The number of aromatic nitrogens is 1. The fourth-order valence-corrected chi connectivity index (χ4v) is 5.79. The third-order valence-electron chi connectivity index (χ3n) is 5.90. The lowest BCUT2D eigenvalue weighted by Gasteiger charge is -2.26. The van der Waals surface area contributed by atoms with Gasteiger partial charge in [0.2, 0.25) is 0 Å². The van der Waals surface area contributed by atoms with Crippen molar-refractivity contribution >= 4 is 39.3 Å². The van der Waals surface area contributed by atoms with Gasteiger partial charge in [0.05, 0.1) is 49.3 Å². The highest BCUT2D eigenvalue weighted by Gasteiger charge is 2.35. The van der Waals surface area contributed by atoms with Gasteiger partial charge in [-0.3, -0.25) is 9.36 Å². The number of hydrogen-bond donors (Lipinski definition) is 1. The van der Waals surface area contributed by atoms with E-state index in [1.807, 2.05) is 6.92 Å². The van der Waals surface area contributed by atoms with Gasteiger partial charge in [-0.25, -0.2) is 9.79 Å². The maximum absolute atomic E-state index is 13.9. The molecule has 0 saturated carbocycles. The maximum Gasteiger partial charge on any atom is 0.338 e. The Balaban J connectivity index is 1.98. The zero-order chi connectivity index (χ0) is 27.6. The molecule has 0 radical (unpaired) electrons. The summed E-state index contributed by atoms with van der Waals surface area (Å²) in [5.41, 5.74) is 1.64. The number of aromatic hydroxyl groups is 1. The van der Waals surface area contributed by atoms with Crippen molar-refractivity contribution in [1.82, 2.24) is 4.57 Å². The summed E-state index contributed by atoms with van der Waals surface area (Å²) in [6, 6.07) is 7.49. The van der Waals surface area contributed by atoms with Gasteiger partial charge in [0, 0.05) is 4.47 Å². The number of methoxy groups -OCH3 is 2. The van der Waals surface area contributed by atoms with Gasteiger partial charge in [-0.05, 0) is 62.2 Å². The van der Waals surface area contributed by atoms with Crippen LogP contribution in [0, 0.1) is 0 Å². The Bertz CT molecular complexity index is 1610. The number of thiazole rings is 1. The predicted octanol–water partition coefficient (Wildman–Crippen LogP) is 3.68. The van der Waals surface area contributed by atoms with Gasteiger partial charge in [-0.2, -0.15) is 0 Å². The second kappa shape index (κ2) is 11.4. The molecule has 1 aliphatic rings. The molecule has 0 amide bonds. The van der Waals surface area contributed by atoms with Crippen molar-refractivity contribution in [2.75, 3.05) is 27.4 Å². The summed E-state index contributed by atoms with van der Waals surface area (Å²) in [6.45, 7) is 5.82. The molecule has 2 heterocycles. The summed E-state index contributed by atoms with van der Waals surface area (Å²) in [7, 11) is 3.05. The number of benzene rings is 2. The van der Waals surface area contributed by atoms with E-state index >= 15 is 0 Å². The van der Waals surface area contributed by atoms with Crippen molar-refractivity contribution in [3.63, 3.8) is 0 Å². The first kappa shape index (κ1) is 27.5. The molecule has 0 saturated heterocycles. The van der Waals surface area contributed by atoms with Crippen LogP contribution in [0.4, 0.5) is 0 Å². The zero-order valence-electron chi connectivity index (χ0n) is 21.5. The number of ether oxygens (including phenoxy) is 4. The first-order valence-electron chi connectivity index (χ1n) is 11.8. The average Bonchev–Trinajstić information content (AvgIpc) is 3.19. The van der Waals surface area contributed by atoms with Crippen LogP contribution in [0.25, 0.3) is 6.08 Å². The minimum absolute atomic E-state index is 0.0125. The van der Waals surface area contributed by atoms with E-state index in [4.69, 9.17) is 18.9 Å². The molecule has 11 heteroatoms. The fraction of sp³-hybridized carbons (Fsp3) is 0.296. The summed E-state index contributed by atoms with van der Waals surface area (Å²) < 4.78 is 24.3. The van der Waals surface area contributed by atoms with E-state index in [9.17, 15) is 14.7 Å². The molecule has 3 aromatic rings. The molecule has 0 bridgehead atoms. The Morgan fingerprint density at radius 2 is 1.84 bits per heavy atom. The number of nitrogens with zero attached hydrogens (tertiary/aromatic N) is 2. The van der Waals surface area contributed by atoms with Gasteiger partial charge >= 0.3 is 5.97 Å². The molecule has 1 aliphatic heterocycles. The van der Waals surface area contributed by atoms with Crippen LogP contribution in [0.2, 0.25) is 0 Å². The molecule has 1 atom stereocenters. The van der Waals surface area contributed by atoms with Crippen LogP contribution in [-0.4, -0.2) is 43.1 Å². The molecule has 0 aliphatic carbocycles. The number of allylic oxidation sites excluding steroid dienone is 1. The van der Waals surface area contributed by atoms with Crippen molar-refractivity contribution in [3.05, 3.63) is 76.9 Å². The topological polar surface area (TPSA) is 109 Å². The first-order chi connectivity index (χ1) is 18.2. The van der Waals surface area contributed by atoms with E-state index in [0.717, 1.165) is 0 Å². The van der Waals surface area contributed by atoms with Crippen LogP contribution in [0.1, 0.15) is 37.9 Å². The van der Waals surface area contributed by atoms with Crippen LogP contribution in [0.3, 0.4) is 0 Å². The number of carbonyl (C=O) groups is 1. The maximum atomic E-state index is 13.9. The summed E-state index contributed by atoms with van der Waals surface area (Å²) in [5, 5.41) is 10.1. The monoisotopic (exact) mass is 602 g/mol. The largest absolute Gasteiger partial charge is 0.504 e. The number of hydrogen-bond acceptors (Lipinski definition) is 9. The van der Waals surface area contributed by atoms with E-state index < -0.39 is 12.0 Å². The minimum atomic E-state index is -0.833. The van der Waals surface area contributed by atoms with Crippen LogP contribution < -0.4 is 29.1 Å². The number of phenols is 1. The molecular formula is C27H27BrN2O7S. The van der Waals surface area contributed by atoms with E-state index in [1.54, 1.807) is 44.2 Å². The lowest BCUT2D eigenvalue weighted by molar-refractivity contribution is -0.139. The minimum Gasteiger partial charge on any atom is -0.504 e. The Kier molecular flexibility index (Phi) is 8.27. The van der Waals surface area contributed by atoms with Gasteiger partial charge in [0.15, 0.2) is 27.8 Å². The fourth-order valence-electron chi connectivity index (χ4n) is 4.21. The van der Waals surface area contributed by atoms with Crippen LogP contribution in [0.15, 0.2) is 55.9 Å². The zero-order valence-corrected chi connectivity index (χ0v) is 23.9. The number of carbonyl (C=O) groups excluding carboxylic acids is 1. The van der Waals surface area contributed by atoms with Gasteiger partial charge < -0.3 is 24.1 Å². The Hall–Kier alpha value is -3.57. The van der Waals surface area contributed by atoms with Crippen molar-refractivity contribution in [2.45, 2.75) is 26.8 Å². The van der Waals surface area contributed by atoms with E-state index in [2.05, 4.69) is 20.9 Å². The first-order valence-corrected chi connectivity index (χ1v) is 13.4. The van der Waals surface area contributed by atoms with Gasteiger partial charge in [0.1, 0.15) is 0 Å². The van der Waals surface area contributed by atoms with Crippen molar-refractivity contribution < 1.29 is 28.8 Å². The van der Waals surface area contributed by atoms with E-state index in [-0.39, 0.29) is 23.5 Å². The van der Waals surface area contributed by atoms with Crippen LogP contribution in [-0.2, 0) is 9.53 Å². The highest BCUT2D eigenvalue weighted by Crippen LogP contribution is 2.40. The number of rotatable bonds is 8. The quantitative estimate of drug-likeness (QED) is 0.392. The Morgan fingerprint density at radius 3 is 2.50 bits per heavy atom. The normalized spacial score (nSPS) is 15.1. The summed E-state index contributed by atoms with van der Waals surface area (Å²) in [5.74, 6) is 0.708. The molecule has 200 valence electrons. The second-order valence-corrected chi connectivity index (χ2v) is 10.1. The standard InChI is InChI=1S/C27H27BrN2O7S/c1-6-36-19-10-15(8-9-18(19)31)11-22-25(32)30-24(16-12-20(34-4)21(35-5)13-17(16)28)23(26(33)37-7-2)14(3)29-27(30)38-22/h8-13,24,31H,6-7H2,1-5H3/b22-11-/t24-/m1/s1. The third kappa shape index (κ3) is 5.08. The molecule has 1 aromatic heterocycles. The van der Waals surface area contributed by atoms with Crippen LogP contribution >= 0.6 is 27.3 Å². The molecule has 0 fully saturated rings.